The summed E-state index contributed by atoms with van der Waals surface area (Å²) in [6.07, 6.45) is 10.00. The molecule has 1 heterocycles. The second kappa shape index (κ2) is 4.01. The van der Waals surface area contributed by atoms with Crippen LogP contribution >= 0.6 is 0 Å². The zero-order chi connectivity index (χ0) is 11.0. The van der Waals surface area contributed by atoms with Crippen LogP contribution in [0.3, 0.4) is 0 Å². The van der Waals surface area contributed by atoms with Gasteiger partial charge in [0, 0.05) is 12.0 Å². The van der Waals surface area contributed by atoms with Gasteiger partial charge in [-0.25, -0.2) is 0 Å². The Morgan fingerprint density at radius 3 is 2.75 bits per heavy atom. The molecule has 0 bridgehead atoms. The summed E-state index contributed by atoms with van der Waals surface area (Å²) in [5.74, 6) is 2.40. The molecule has 2 N–H and O–H groups in total. The molecule has 4 nitrogen and oxygen atoms in total. The molecular weight excluding hydrogens is 202 g/mol. The van der Waals surface area contributed by atoms with E-state index in [1.54, 1.807) is 0 Å². The molecule has 4 heteroatoms. The van der Waals surface area contributed by atoms with Gasteiger partial charge in [-0.05, 0) is 19.3 Å². The second-order valence-corrected chi connectivity index (χ2v) is 4.86. The number of hydrogen-bond donors (Lipinski definition) is 1. The van der Waals surface area contributed by atoms with Gasteiger partial charge in [-0.1, -0.05) is 30.2 Å². The highest BCUT2D eigenvalue weighted by molar-refractivity contribution is 5.16. The van der Waals surface area contributed by atoms with Crippen LogP contribution in [0.5, 0.6) is 0 Å². The molecule has 0 spiro atoms. The third-order valence-corrected chi connectivity index (χ3v) is 3.61. The van der Waals surface area contributed by atoms with Crippen molar-refractivity contribution in [3.8, 4) is 0 Å². The van der Waals surface area contributed by atoms with Gasteiger partial charge in [-0.15, -0.1) is 0 Å². The maximum Gasteiger partial charge on any atom is 0.233 e. The Hall–Kier alpha value is -1.16. The first-order chi connectivity index (χ1) is 7.83. The molecule has 2 aliphatic carbocycles. The first-order valence-corrected chi connectivity index (χ1v) is 6.10. The lowest BCUT2D eigenvalue weighted by molar-refractivity contribution is 0.357. The largest absolute Gasteiger partial charge is 0.339 e. The highest BCUT2D eigenvalue weighted by Gasteiger charge is 2.26. The highest BCUT2D eigenvalue weighted by Crippen LogP contribution is 2.34. The van der Waals surface area contributed by atoms with Crippen LogP contribution in [0.4, 0.5) is 0 Å². The zero-order valence-corrected chi connectivity index (χ0v) is 9.30. The van der Waals surface area contributed by atoms with Crippen molar-refractivity contribution in [3.05, 3.63) is 23.9 Å². The number of nitrogens with zero attached hydrogens (tertiary/aromatic N) is 2. The summed E-state index contributed by atoms with van der Waals surface area (Å²) in [6, 6.07) is 0.145. The van der Waals surface area contributed by atoms with E-state index in [0.717, 1.165) is 18.1 Å². The van der Waals surface area contributed by atoms with Crippen molar-refractivity contribution in [1.82, 2.24) is 10.1 Å². The summed E-state index contributed by atoms with van der Waals surface area (Å²) in [5.41, 5.74) is 5.81. The summed E-state index contributed by atoms with van der Waals surface area (Å²) in [4.78, 5) is 4.52. The molecule has 0 aromatic carbocycles. The maximum absolute atomic E-state index is 5.81. The fraction of sp³-hybridized carbons (Fsp3) is 0.667. The molecule has 2 atom stereocenters. The van der Waals surface area contributed by atoms with Crippen LogP contribution in [0.2, 0.25) is 0 Å². The number of allylic oxidation sites excluding steroid dienone is 1. The van der Waals surface area contributed by atoms with Crippen LogP contribution < -0.4 is 5.73 Å². The Kier molecular flexibility index (Phi) is 2.52. The quantitative estimate of drug-likeness (QED) is 0.773. The lowest BCUT2D eigenvalue weighted by Gasteiger charge is -2.02. The minimum atomic E-state index is 0.145. The molecule has 16 heavy (non-hydrogen) atoms. The van der Waals surface area contributed by atoms with Gasteiger partial charge in [0.1, 0.15) is 0 Å². The van der Waals surface area contributed by atoms with E-state index in [4.69, 9.17) is 10.3 Å². The second-order valence-electron chi connectivity index (χ2n) is 4.86. The standard InChI is InChI=1S/C12H17N3O/c13-10-6-5-9(7-10)12-14-11(15-16-12)8-3-1-2-4-8/h5-6,8-10H,1-4,7,13H2. The van der Waals surface area contributed by atoms with Crippen molar-refractivity contribution >= 4 is 0 Å². The Labute approximate surface area is 94.9 Å². The lowest BCUT2D eigenvalue weighted by Crippen LogP contribution is -2.14. The molecule has 2 unspecified atom stereocenters. The average Bonchev–Trinajstić information content (AvgIpc) is 2.97. The molecule has 1 aromatic rings. The van der Waals surface area contributed by atoms with Crippen LogP contribution in [0.25, 0.3) is 0 Å². The summed E-state index contributed by atoms with van der Waals surface area (Å²) in [5, 5.41) is 4.11. The Balaban J connectivity index is 1.75. The third kappa shape index (κ3) is 1.78. The molecule has 1 aromatic heterocycles. The van der Waals surface area contributed by atoms with E-state index in [1.807, 2.05) is 6.08 Å². The van der Waals surface area contributed by atoms with Crippen LogP contribution in [0, 0.1) is 0 Å². The van der Waals surface area contributed by atoms with Gasteiger partial charge in [0.25, 0.3) is 0 Å². The van der Waals surface area contributed by atoms with E-state index in [-0.39, 0.29) is 12.0 Å². The first-order valence-electron chi connectivity index (χ1n) is 6.10. The number of nitrogens with two attached hydrogens (primary N) is 1. The zero-order valence-electron chi connectivity index (χ0n) is 9.30. The summed E-state index contributed by atoms with van der Waals surface area (Å²) < 4.78 is 5.34. The van der Waals surface area contributed by atoms with Gasteiger partial charge < -0.3 is 10.3 Å². The van der Waals surface area contributed by atoms with Gasteiger partial charge >= 0.3 is 0 Å². The topological polar surface area (TPSA) is 64.9 Å². The van der Waals surface area contributed by atoms with Crippen molar-refractivity contribution in [3.63, 3.8) is 0 Å². The summed E-state index contributed by atoms with van der Waals surface area (Å²) >= 11 is 0. The Morgan fingerprint density at radius 2 is 2.06 bits per heavy atom. The van der Waals surface area contributed by atoms with Gasteiger partial charge in [-0.2, -0.15) is 4.98 Å². The number of rotatable bonds is 2. The molecule has 3 rings (SSSR count). The van der Waals surface area contributed by atoms with Crippen molar-refractivity contribution in [2.75, 3.05) is 0 Å². The molecule has 86 valence electrons. The monoisotopic (exact) mass is 219 g/mol. The molecule has 0 radical (unpaired) electrons. The Morgan fingerprint density at radius 1 is 1.25 bits per heavy atom. The van der Waals surface area contributed by atoms with Gasteiger partial charge in [0.2, 0.25) is 5.89 Å². The summed E-state index contributed by atoms with van der Waals surface area (Å²) in [7, 11) is 0. The van der Waals surface area contributed by atoms with Crippen molar-refractivity contribution in [2.45, 2.75) is 50.0 Å². The third-order valence-electron chi connectivity index (χ3n) is 3.61. The number of hydrogen-bond acceptors (Lipinski definition) is 4. The van der Waals surface area contributed by atoms with E-state index >= 15 is 0 Å². The van der Waals surface area contributed by atoms with Gasteiger partial charge in [0.05, 0.1) is 5.92 Å². The van der Waals surface area contributed by atoms with E-state index < -0.39 is 0 Å². The highest BCUT2D eigenvalue weighted by atomic mass is 16.5. The summed E-state index contributed by atoms with van der Waals surface area (Å²) in [6.45, 7) is 0. The molecule has 0 aliphatic heterocycles. The lowest BCUT2D eigenvalue weighted by atomic mass is 10.1. The van der Waals surface area contributed by atoms with Crippen molar-refractivity contribution < 1.29 is 4.52 Å². The molecule has 1 saturated carbocycles. The van der Waals surface area contributed by atoms with Crippen LogP contribution in [0.1, 0.15) is 55.7 Å². The van der Waals surface area contributed by atoms with Crippen LogP contribution in [0.15, 0.2) is 16.7 Å². The predicted molar refractivity (Wildman–Crippen MR) is 60.0 cm³/mol. The van der Waals surface area contributed by atoms with Crippen LogP contribution in [-0.4, -0.2) is 16.2 Å². The smallest absolute Gasteiger partial charge is 0.233 e. The van der Waals surface area contributed by atoms with Gasteiger partial charge in [0.15, 0.2) is 5.82 Å². The van der Waals surface area contributed by atoms with Crippen LogP contribution in [-0.2, 0) is 0 Å². The minimum Gasteiger partial charge on any atom is -0.339 e. The normalized spacial score (nSPS) is 30.3. The van der Waals surface area contributed by atoms with Crippen molar-refractivity contribution in [1.29, 1.82) is 0 Å². The average molecular weight is 219 g/mol. The fourth-order valence-electron chi connectivity index (χ4n) is 2.66. The predicted octanol–water partition coefficient (Wildman–Crippen LogP) is 2.10. The first kappa shape index (κ1) is 10.0. The molecule has 0 saturated heterocycles. The fourth-order valence-corrected chi connectivity index (χ4v) is 2.66. The maximum atomic E-state index is 5.81. The molecular formula is C12H17N3O. The van der Waals surface area contributed by atoms with Gasteiger partial charge in [-0.3, -0.25) is 0 Å². The van der Waals surface area contributed by atoms with E-state index in [0.29, 0.717) is 5.92 Å². The Bertz CT molecular complexity index is 393. The van der Waals surface area contributed by atoms with E-state index in [1.165, 1.54) is 25.7 Å². The van der Waals surface area contributed by atoms with Crippen molar-refractivity contribution in [2.24, 2.45) is 5.73 Å². The molecule has 2 aliphatic rings. The minimum absolute atomic E-state index is 0.145. The van der Waals surface area contributed by atoms with E-state index in [2.05, 4.69) is 16.2 Å². The molecule has 1 fully saturated rings. The number of aromatic nitrogens is 2. The van der Waals surface area contributed by atoms with E-state index in [9.17, 15) is 0 Å². The SMILES string of the molecule is NC1C=CC(c2nc(C3CCCC3)no2)C1. The molecule has 0 amide bonds.